The van der Waals surface area contributed by atoms with E-state index in [4.69, 9.17) is 11.8 Å². The van der Waals surface area contributed by atoms with E-state index in [0.29, 0.717) is 11.3 Å². The number of nitriles is 1. The first-order chi connectivity index (χ1) is 30.1. The van der Waals surface area contributed by atoms with Crippen molar-refractivity contribution in [2.45, 2.75) is 0 Å². The zero-order valence-electron chi connectivity index (χ0n) is 32.9. The molecule has 2 heterocycles. The van der Waals surface area contributed by atoms with Crippen molar-refractivity contribution < 1.29 is 5.71 Å². The van der Waals surface area contributed by atoms with Crippen LogP contribution >= 0.6 is 15.9 Å². The number of aromatic nitrogens is 2. The van der Waals surface area contributed by atoms with Crippen molar-refractivity contribution in [1.29, 1.82) is 5.26 Å². The first kappa shape index (κ1) is 37.3. The summed E-state index contributed by atoms with van der Waals surface area (Å²) in [5.74, 6) is 0. The maximum Gasteiger partial charge on any atom is 0.187 e. The third kappa shape index (κ3) is 7.04. The molecular formula is C56H43BrN4. The molecule has 4 nitrogen and oxygen atoms in total. The van der Waals surface area contributed by atoms with Crippen molar-refractivity contribution in [3.8, 4) is 50.8 Å². The Morgan fingerprint density at radius 3 is 1.44 bits per heavy atom. The van der Waals surface area contributed by atoms with Gasteiger partial charge in [0.1, 0.15) is 0 Å². The highest BCUT2D eigenvalue weighted by atomic mass is 79.9. The second kappa shape index (κ2) is 16.0. The smallest absolute Gasteiger partial charge is 0.187 e. The van der Waals surface area contributed by atoms with Crippen LogP contribution in [0.1, 0.15) is 11.3 Å². The summed E-state index contributed by atoms with van der Waals surface area (Å²) in [6.07, 6.45) is 0. The molecule has 0 bridgehead atoms. The Hall–Kier alpha value is -7.96. The Morgan fingerprint density at radius 2 is 0.869 bits per heavy atom. The average molecular weight is 852 g/mol. The van der Waals surface area contributed by atoms with Gasteiger partial charge in [0, 0.05) is 43.1 Å². The molecule has 0 aliphatic rings. The third-order valence-corrected chi connectivity index (χ3v) is 11.8. The quantitative estimate of drug-likeness (QED) is 0.159. The van der Waals surface area contributed by atoms with Gasteiger partial charge in [-0.25, -0.2) is 4.85 Å². The van der Waals surface area contributed by atoms with E-state index >= 15 is 0 Å². The number of nitrogens with zero attached hydrogens (tertiary/aromatic N) is 4. The van der Waals surface area contributed by atoms with Gasteiger partial charge in [0.15, 0.2) is 5.69 Å². The molecular weight excluding hydrogens is 809 g/mol. The molecule has 2 aromatic heterocycles. The van der Waals surface area contributed by atoms with Gasteiger partial charge in [-0.15, -0.1) is 0 Å². The zero-order chi connectivity index (χ0) is 41.3. The van der Waals surface area contributed by atoms with Crippen LogP contribution in [0.5, 0.6) is 0 Å². The molecule has 0 radical (unpaired) electrons. The maximum absolute atomic E-state index is 8.69. The van der Waals surface area contributed by atoms with Gasteiger partial charge in [0.2, 0.25) is 0 Å². The summed E-state index contributed by atoms with van der Waals surface area (Å²) in [4.78, 5) is 3.55. The molecule has 11 aromatic rings. The average Bonchev–Trinajstić information content (AvgIpc) is 3.84. The minimum atomic E-state index is 0. The fraction of sp³-hybridized carbons (Fsp3) is 0. The molecule has 0 aliphatic carbocycles. The summed E-state index contributed by atoms with van der Waals surface area (Å²) < 4.78 is 5.78. The van der Waals surface area contributed by atoms with Crippen LogP contribution in [0.4, 0.5) is 5.69 Å². The summed E-state index contributed by atoms with van der Waals surface area (Å²) in [5, 5.41) is 13.6. The van der Waals surface area contributed by atoms with Crippen molar-refractivity contribution in [2.24, 2.45) is 0 Å². The number of benzene rings is 9. The molecule has 294 valence electrons. The number of rotatable bonds is 5. The van der Waals surface area contributed by atoms with Crippen LogP contribution in [0.15, 0.2) is 217 Å². The molecule has 5 heteroatoms. The van der Waals surface area contributed by atoms with Crippen molar-refractivity contribution >= 4 is 65.2 Å². The van der Waals surface area contributed by atoms with Crippen molar-refractivity contribution in [1.82, 2.24) is 9.13 Å². The van der Waals surface area contributed by atoms with Crippen LogP contribution in [0, 0.1) is 17.9 Å². The highest BCUT2D eigenvalue weighted by Gasteiger charge is 2.16. The highest BCUT2D eigenvalue weighted by Crippen LogP contribution is 2.39. The lowest BCUT2D eigenvalue weighted by Crippen LogP contribution is -1.94. The van der Waals surface area contributed by atoms with Crippen LogP contribution < -0.4 is 0 Å². The van der Waals surface area contributed by atoms with E-state index in [1.807, 2.05) is 66.7 Å². The second-order valence-electron chi connectivity index (χ2n) is 14.9. The van der Waals surface area contributed by atoms with Gasteiger partial charge in [0.25, 0.3) is 0 Å². The monoisotopic (exact) mass is 850 g/mol. The number of hydrogen-bond donors (Lipinski definition) is 0. The fourth-order valence-electron chi connectivity index (χ4n) is 8.40. The lowest BCUT2D eigenvalue weighted by molar-refractivity contribution is 1.18. The normalized spacial score (nSPS) is 11.0. The molecule has 0 saturated heterocycles. The minimum absolute atomic E-state index is 0. The predicted molar refractivity (Wildman–Crippen MR) is 265 cm³/mol. The van der Waals surface area contributed by atoms with Crippen LogP contribution in [-0.2, 0) is 0 Å². The molecule has 0 saturated carbocycles. The van der Waals surface area contributed by atoms with Crippen molar-refractivity contribution in [2.75, 3.05) is 0 Å². The van der Waals surface area contributed by atoms with Crippen LogP contribution in [0.25, 0.3) is 93.2 Å². The van der Waals surface area contributed by atoms with Gasteiger partial charge >= 0.3 is 0 Å². The number of fused-ring (bicyclic) bond motifs is 6. The SMILES string of the molecule is N#Cc1ccc(-c2cccc(Br)c2)cc1.[C-]#[N+]c1ccc(-c2cccc(-n3c4ccccc4c4cc(-c5ccc6c(c5)c5ccccc5n6-c5ccccc5)ccc43)c2)cc1.[HH].[HH].[HH].[HH]. The lowest BCUT2D eigenvalue weighted by Gasteiger charge is -2.11. The van der Waals surface area contributed by atoms with Gasteiger partial charge in [0.05, 0.1) is 40.3 Å². The summed E-state index contributed by atoms with van der Waals surface area (Å²) in [6.45, 7) is 7.29. The zero-order valence-corrected chi connectivity index (χ0v) is 34.5. The van der Waals surface area contributed by atoms with Crippen LogP contribution in [0.3, 0.4) is 0 Å². The molecule has 0 aliphatic heterocycles. The van der Waals surface area contributed by atoms with E-state index in [-0.39, 0.29) is 5.71 Å². The molecule has 61 heavy (non-hydrogen) atoms. The molecule has 0 unspecified atom stereocenters. The topological polar surface area (TPSA) is 38.0 Å². The number of para-hydroxylation sites is 3. The maximum atomic E-state index is 8.69. The molecule has 11 rings (SSSR count). The predicted octanol–water partition coefficient (Wildman–Crippen LogP) is 16.7. The molecule has 0 N–H and O–H groups in total. The van der Waals surface area contributed by atoms with Gasteiger partial charge in [-0.1, -0.05) is 143 Å². The number of hydrogen-bond acceptors (Lipinski definition) is 1. The summed E-state index contributed by atoms with van der Waals surface area (Å²) in [6, 6.07) is 75.9. The Morgan fingerprint density at radius 1 is 0.410 bits per heavy atom. The standard InChI is InChI=1S/C43H27N3.C13H8BrN.4H2/c1-44-33-22-18-29(19-23-33)30-10-9-13-35(26-30)46-41-17-8-6-15-37(41)39-28-32(21-25-43(39)46)31-20-24-42-38(27-31)36-14-5-7-16-40(36)45(42)34-11-3-2-4-12-34;14-13-3-1-2-12(8-13)11-6-4-10(9-15)5-7-11;;;;/h2-28H;1-8H;4*1H. The van der Waals surface area contributed by atoms with Crippen LogP contribution in [-0.4, -0.2) is 9.13 Å². The minimum Gasteiger partial charge on any atom is -0.309 e. The Kier molecular flexibility index (Phi) is 9.79. The van der Waals surface area contributed by atoms with Crippen molar-refractivity contribution in [3.05, 3.63) is 234 Å². The van der Waals surface area contributed by atoms with Crippen molar-refractivity contribution in [3.63, 3.8) is 0 Å². The Labute approximate surface area is 368 Å². The van der Waals surface area contributed by atoms with Gasteiger partial charge < -0.3 is 9.13 Å². The Balaban J connectivity index is 0.000000316. The van der Waals surface area contributed by atoms with Crippen LogP contribution in [0.2, 0.25) is 0 Å². The van der Waals surface area contributed by atoms with E-state index in [1.165, 1.54) is 60.4 Å². The molecule has 0 amide bonds. The fourth-order valence-corrected chi connectivity index (χ4v) is 8.80. The summed E-state index contributed by atoms with van der Waals surface area (Å²) in [5.41, 5.74) is 15.3. The van der Waals surface area contributed by atoms with Gasteiger partial charge in [-0.05, 0) is 118 Å². The van der Waals surface area contributed by atoms with E-state index in [1.54, 1.807) is 0 Å². The van der Waals surface area contributed by atoms with E-state index in [2.05, 4.69) is 182 Å². The Bertz CT molecular complexity index is 3510. The lowest BCUT2D eigenvalue weighted by atomic mass is 10.0. The largest absolute Gasteiger partial charge is 0.309 e. The molecule has 0 fully saturated rings. The van der Waals surface area contributed by atoms with Gasteiger partial charge in [-0.3, -0.25) is 0 Å². The third-order valence-electron chi connectivity index (χ3n) is 11.3. The van der Waals surface area contributed by atoms with Gasteiger partial charge in [-0.2, -0.15) is 5.26 Å². The number of halogens is 1. The van der Waals surface area contributed by atoms with E-state index in [0.717, 1.165) is 32.4 Å². The van der Waals surface area contributed by atoms with E-state index < -0.39 is 0 Å². The molecule has 0 spiro atoms. The second-order valence-corrected chi connectivity index (χ2v) is 15.8. The summed E-state index contributed by atoms with van der Waals surface area (Å²) in [7, 11) is 0. The van der Waals surface area contributed by atoms with E-state index in [9.17, 15) is 0 Å². The first-order valence-corrected chi connectivity index (χ1v) is 20.8. The first-order valence-electron chi connectivity index (χ1n) is 20.0. The molecule has 0 atom stereocenters. The highest BCUT2D eigenvalue weighted by molar-refractivity contribution is 9.10. The molecule has 9 aromatic carbocycles. The summed E-state index contributed by atoms with van der Waals surface area (Å²) >= 11 is 3.44.